The highest BCUT2D eigenvalue weighted by molar-refractivity contribution is 7.09. The predicted octanol–water partition coefficient (Wildman–Crippen LogP) is 2.82. The molecule has 1 aliphatic rings. The molecule has 0 aliphatic heterocycles. The first-order valence-electron chi connectivity index (χ1n) is 5.49. The fraction of sp³-hybridized carbons (Fsp3) is 0.636. The Morgan fingerprint density at radius 2 is 2.22 bits per heavy atom. The summed E-state index contributed by atoms with van der Waals surface area (Å²) in [5.74, 6) is -0.136. The molecule has 1 N–H and O–H groups in total. The van der Waals surface area contributed by atoms with Crippen LogP contribution in [-0.2, 0) is 17.5 Å². The highest BCUT2D eigenvalue weighted by atomic mass is 32.1. The Kier molecular flexibility index (Phi) is 3.12. The number of amides is 1. The summed E-state index contributed by atoms with van der Waals surface area (Å²) in [6.07, 6.45) is -3.60. The Hall–Kier alpha value is -1.11. The van der Waals surface area contributed by atoms with Crippen LogP contribution in [-0.4, -0.2) is 10.9 Å². The molecule has 2 rings (SSSR count). The first-order valence-corrected chi connectivity index (χ1v) is 6.37. The third-order valence-electron chi connectivity index (χ3n) is 3.09. The molecule has 0 saturated heterocycles. The van der Waals surface area contributed by atoms with E-state index < -0.39 is 11.9 Å². The first-order chi connectivity index (χ1) is 8.20. The van der Waals surface area contributed by atoms with Crippen LogP contribution in [0.25, 0.3) is 0 Å². The van der Waals surface area contributed by atoms with E-state index in [1.54, 1.807) is 0 Å². The molecule has 18 heavy (non-hydrogen) atoms. The van der Waals surface area contributed by atoms with Crippen LogP contribution in [0.1, 0.15) is 31.0 Å². The maximum atomic E-state index is 12.3. The lowest BCUT2D eigenvalue weighted by atomic mass is 10.1. The molecule has 100 valence electrons. The Morgan fingerprint density at radius 3 is 2.67 bits per heavy atom. The third kappa shape index (κ3) is 2.82. The average Bonchev–Trinajstić information content (AvgIpc) is 2.70. The second-order valence-corrected chi connectivity index (χ2v) is 6.03. The normalized spacial score (nSPS) is 21.7. The monoisotopic (exact) mass is 278 g/mol. The zero-order valence-electron chi connectivity index (χ0n) is 9.97. The number of halogens is 3. The van der Waals surface area contributed by atoms with Gasteiger partial charge < -0.3 is 5.32 Å². The smallest absolute Gasteiger partial charge is 0.349 e. The lowest BCUT2D eigenvalue weighted by Crippen LogP contribution is -2.26. The van der Waals surface area contributed by atoms with Gasteiger partial charge in [0.05, 0.1) is 6.54 Å². The largest absolute Gasteiger partial charge is 0.434 e. The summed E-state index contributed by atoms with van der Waals surface area (Å²) in [7, 11) is 0. The van der Waals surface area contributed by atoms with E-state index in [0.717, 1.165) is 23.1 Å². The summed E-state index contributed by atoms with van der Waals surface area (Å²) in [5.41, 5.74) is -0.882. The fourth-order valence-electron chi connectivity index (χ4n) is 1.72. The SMILES string of the molecule is CC1(C)C[C@@H]1C(=O)NCc1nc(C(F)(F)F)cs1. The molecular weight excluding hydrogens is 265 g/mol. The van der Waals surface area contributed by atoms with Crippen LogP contribution in [0.4, 0.5) is 13.2 Å². The van der Waals surface area contributed by atoms with Crippen molar-refractivity contribution in [3.05, 3.63) is 16.1 Å². The summed E-state index contributed by atoms with van der Waals surface area (Å²) in [6, 6.07) is 0. The van der Waals surface area contributed by atoms with Crippen molar-refractivity contribution in [2.24, 2.45) is 11.3 Å². The molecule has 1 amide bonds. The molecule has 3 nitrogen and oxygen atoms in total. The Labute approximate surface area is 106 Å². The van der Waals surface area contributed by atoms with Gasteiger partial charge in [0.25, 0.3) is 0 Å². The quantitative estimate of drug-likeness (QED) is 0.923. The molecular formula is C11H13F3N2OS. The van der Waals surface area contributed by atoms with E-state index >= 15 is 0 Å². The van der Waals surface area contributed by atoms with Gasteiger partial charge >= 0.3 is 6.18 Å². The highest BCUT2D eigenvalue weighted by Crippen LogP contribution is 2.51. The van der Waals surface area contributed by atoms with Crippen molar-refractivity contribution in [2.45, 2.75) is 33.0 Å². The number of thiazole rings is 1. The molecule has 1 heterocycles. The lowest BCUT2D eigenvalue weighted by Gasteiger charge is -2.04. The molecule has 1 aliphatic carbocycles. The number of hydrogen-bond donors (Lipinski definition) is 1. The molecule has 0 unspecified atom stereocenters. The van der Waals surface area contributed by atoms with Crippen molar-refractivity contribution >= 4 is 17.2 Å². The summed E-state index contributed by atoms with van der Waals surface area (Å²) in [5, 5.41) is 3.86. The van der Waals surface area contributed by atoms with Crippen LogP contribution in [0.5, 0.6) is 0 Å². The molecule has 1 aromatic heterocycles. The molecule has 0 aromatic carbocycles. The lowest BCUT2D eigenvalue weighted by molar-refractivity contribution is -0.140. The minimum atomic E-state index is -4.42. The minimum Gasteiger partial charge on any atom is -0.349 e. The van der Waals surface area contributed by atoms with Crippen LogP contribution in [0.3, 0.4) is 0 Å². The summed E-state index contributed by atoms with van der Waals surface area (Å²) < 4.78 is 36.9. The molecule has 0 bridgehead atoms. The zero-order chi connectivity index (χ0) is 13.6. The third-order valence-corrected chi connectivity index (χ3v) is 3.93. The van der Waals surface area contributed by atoms with Crippen LogP contribution < -0.4 is 5.32 Å². The van der Waals surface area contributed by atoms with Gasteiger partial charge in [0, 0.05) is 11.3 Å². The number of carbonyl (C=O) groups is 1. The van der Waals surface area contributed by atoms with Crippen molar-refractivity contribution in [1.82, 2.24) is 10.3 Å². The fourth-order valence-corrected chi connectivity index (χ4v) is 2.46. The number of nitrogens with one attached hydrogen (secondary N) is 1. The Morgan fingerprint density at radius 1 is 1.61 bits per heavy atom. The maximum Gasteiger partial charge on any atom is 0.434 e. The Bertz CT molecular complexity index is 467. The van der Waals surface area contributed by atoms with Gasteiger partial charge in [-0.2, -0.15) is 13.2 Å². The first kappa shape index (κ1) is 13.3. The molecule has 1 atom stereocenters. The Balaban J connectivity index is 1.88. The minimum absolute atomic E-state index is 0.0179. The predicted molar refractivity (Wildman–Crippen MR) is 60.9 cm³/mol. The zero-order valence-corrected chi connectivity index (χ0v) is 10.8. The van der Waals surface area contributed by atoms with Crippen LogP contribution in [0.2, 0.25) is 0 Å². The number of carbonyl (C=O) groups excluding carboxylic acids is 1. The van der Waals surface area contributed by atoms with E-state index in [9.17, 15) is 18.0 Å². The standard InChI is InChI=1S/C11H13F3N2OS/c1-10(2)3-6(10)9(17)15-4-8-16-7(5-18-8)11(12,13)14/h5-6H,3-4H2,1-2H3,(H,15,17)/t6-/m1/s1. The van der Waals surface area contributed by atoms with E-state index in [2.05, 4.69) is 10.3 Å². The van der Waals surface area contributed by atoms with Gasteiger partial charge in [0.15, 0.2) is 5.69 Å². The molecule has 1 saturated carbocycles. The van der Waals surface area contributed by atoms with E-state index in [0.29, 0.717) is 0 Å². The molecule has 0 spiro atoms. The number of alkyl halides is 3. The maximum absolute atomic E-state index is 12.3. The second kappa shape index (κ2) is 4.22. The highest BCUT2D eigenvalue weighted by Gasteiger charge is 2.50. The summed E-state index contributed by atoms with van der Waals surface area (Å²) in [4.78, 5) is 15.1. The van der Waals surface area contributed by atoms with E-state index in [1.165, 1.54) is 0 Å². The average molecular weight is 278 g/mol. The van der Waals surface area contributed by atoms with Gasteiger partial charge in [-0.3, -0.25) is 4.79 Å². The summed E-state index contributed by atoms with van der Waals surface area (Å²) in [6.45, 7) is 4.04. The van der Waals surface area contributed by atoms with Crippen molar-refractivity contribution < 1.29 is 18.0 Å². The number of aromatic nitrogens is 1. The number of hydrogen-bond acceptors (Lipinski definition) is 3. The van der Waals surface area contributed by atoms with Gasteiger partial charge in [-0.05, 0) is 11.8 Å². The number of rotatable bonds is 3. The molecule has 7 heteroatoms. The van der Waals surface area contributed by atoms with Crippen molar-refractivity contribution in [2.75, 3.05) is 0 Å². The van der Waals surface area contributed by atoms with Gasteiger partial charge in [0.2, 0.25) is 5.91 Å². The second-order valence-electron chi connectivity index (χ2n) is 5.09. The van der Waals surface area contributed by atoms with E-state index in [1.807, 2.05) is 13.8 Å². The van der Waals surface area contributed by atoms with Gasteiger partial charge in [-0.15, -0.1) is 11.3 Å². The van der Waals surface area contributed by atoms with Crippen molar-refractivity contribution in [1.29, 1.82) is 0 Å². The van der Waals surface area contributed by atoms with Crippen LogP contribution >= 0.6 is 11.3 Å². The number of nitrogens with zero attached hydrogens (tertiary/aromatic N) is 1. The van der Waals surface area contributed by atoms with E-state index in [-0.39, 0.29) is 28.8 Å². The topological polar surface area (TPSA) is 42.0 Å². The van der Waals surface area contributed by atoms with Crippen LogP contribution in [0.15, 0.2) is 5.38 Å². The summed E-state index contributed by atoms with van der Waals surface area (Å²) >= 11 is 0.905. The van der Waals surface area contributed by atoms with E-state index in [4.69, 9.17) is 0 Å². The van der Waals surface area contributed by atoms with Gasteiger partial charge in [-0.1, -0.05) is 13.8 Å². The van der Waals surface area contributed by atoms with Gasteiger partial charge in [-0.25, -0.2) is 4.98 Å². The molecule has 0 radical (unpaired) electrons. The van der Waals surface area contributed by atoms with Crippen molar-refractivity contribution in [3.8, 4) is 0 Å². The molecule has 1 aromatic rings. The van der Waals surface area contributed by atoms with Crippen LogP contribution in [0, 0.1) is 11.3 Å². The van der Waals surface area contributed by atoms with Crippen molar-refractivity contribution in [3.63, 3.8) is 0 Å². The van der Waals surface area contributed by atoms with Gasteiger partial charge in [0.1, 0.15) is 5.01 Å². The molecule has 1 fully saturated rings.